The molecule has 0 saturated carbocycles. The van der Waals surface area contributed by atoms with Gasteiger partial charge in [-0.05, 0) is 69.7 Å². The standard InChI is InChI=1S/C20H23N3O2/c1-5-23-14(3)11-16(15(23)4)12-17(13-21)20(24)22-18-7-9-19(10-8-18)25-6-2/h7-12H,5-6H2,1-4H3,(H,22,24)/b17-12-. The van der Waals surface area contributed by atoms with Crippen LogP contribution >= 0.6 is 0 Å². The first kappa shape index (κ1) is 18.3. The van der Waals surface area contributed by atoms with E-state index in [1.54, 1.807) is 30.3 Å². The Morgan fingerprint density at radius 3 is 2.48 bits per heavy atom. The van der Waals surface area contributed by atoms with E-state index in [-0.39, 0.29) is 5.57 Å². The summed E-state index contributed by atoms with van der Waals surface area (Å²) < 4.78 is 7.52. The van der Waals surface area contributed by atoms with Crippen LogP contribution in [-0.4, -0.2) is 17.1 Å². The first-order valence-electron chi connectivity index (χ1n) is 8.32. The van der Waals surface area contributed by atoms with Gasteiger partial charge in [0.15, 0.2) is 0 Å². The van der Waals surface area contributed by atoms with Crippen molar-refractivity contribution in [1.82, 2.24) is 4.57 Å². The molecule has 25 heavy (non-hydrogen) atoms. The molecule has 0 aliphatic rings. The molecule has 1 amide bonds. The van der Waals surface area contributed by atoms with E-state index in [4.69, 9.17) is 4.74 Å². The Morgan fingerprint density at radius 2 is 1.96 bits per heavy atom. The van der Waals surface area contributed by atoms with Crippen LogP contribution in [0.4, 0.5) is 5.69 Å². The van der Waals surface area contributed by atoms with E-state index in [0.717, 1.165) is 29.2 Å². The average Bonchev–Trinajstić information content (AvgIpc) is 2.87. The number of hydrogen-bond acceptors (Lipinski definition) is 3. The average molecular weight is 337 g/mol. The molecule has 2 aromatic rings. The molecular weight excluding hydrogens is 314 g/mol. The van der Waals surface area contributed by atoms with Crippen molar-refractivity contribution in [2.45, 2.75) is 34.2 Å². The second kappa shape index (κ2) is 8.20. The molecule has 0 spiro atoms. The number of anilines is 1. The number of rotatable bonds is 6. The number of nitrogens with zero attached hydrogens (tertiary/aromatic N) is 2. The van der Waals surface area contributed by atoms with Gasteiger partial charge in [-0.25, -0.2) is 0 Å². The largest absolute Gasteiger partial charge is 0.494 e. The van der Waals surface area contributed by atoms with E-state index in [1.807, 2.05) is 32.9 Å². The summed E-state index contributed by atoms with van der Waals surface area (Å²) in [5, 5.41) is 12.1. The van der Waals surface area contributed by atoms with Crippen molar-refractivity contribution >= 4 is 17.7 Å². The highest BCUT2D eigenvalue weighted by Crippen LogP contribution is 2.20. The summed E-state index contributed by atoms with van der Waals surface area (Å²) in [7, 11) is 0. The summed E-state index contributed by atoms with van der Waals surface area (Å²) in [5.41, 5.74) is 3.73. The minimum Gasteiger partial charge on any atom is -0.494 e. The van der Waals surface area contributed by atoms with E-state index in [9.17, 15) is 10.1 Å². The first-order chi connectivity index (χ1) is 12.0. The molecule has 1 N–H and O–H groups in total. The number of nitriles is 1. The third-order valence-electron chi connectivity index (χ3n) is 4.02. The summed E-state index contributed by atoms with van der Waals surface area (Å²) in [6.45, 7) is 9.42. The Hall–Kier alpha value is -3.00. The topological polar surface area (TPSA) is 67.0 Å². The van der Waals surface area contributed by atoms with Gasteiger partial charge in [0.1, 0.15) is 17.4 Å². The third kappa shape index (κ3) is 4.30. The fourth-order valence-electron chi connectivity index (χ4n) is 2.76. The first-order valence-corrected chi connectivity index (χ1v) is 8.32. The summed E-state index contributed by atoms with van der Waals surface area (Å²) in [6, 6.07) is 11.0. The Kier molecular flexibility index (Phi) is 6.02. The van der Waals surface area contributed by atoms with Crippen molar-refractivity contribution in [3.05, 3.63) is 52.9 Å². The fourth-order valence-corrected chi connectivity index (χ4v) is 2.76. The van der Waals surface area contributed by atoms with Gasteiger partial charge in [0, 0.05) is 23.6 Å². The van der Waals surface area contributed by atoms with E-state index in [2.05, 4.69) is 16.8 Å². The van der Waals surface area contributed by atoms with Crippen LogP contribution in [0.1, 0.15) is 30.8 Å². The zero-order chi connectivity index (χ0) is 18.4. The molecule has 0 aliphatic heterocycles. The maximum absolute atomic E-state index is 12.4. The maximum Gasteiger partial charge on any atom is 0.266 e. The van der Waals surface area contributed by atoms with Gasteiger partial charge in [0.05, 0.1) is 6.61 Å². The lowest BCUT2D eigenvalue weighted by molar-refractivity contribution is -0.112. The second-order valence-corrected chi connectivity index (χ2v) is 5.65. The van der Waals surface area contributed by atoms with Crippen molar-refractivity contribution in [2.24, 2.45) is 0 Å². The van der Waals surface area contributed by atoms with Crippen LogP contribution in [-0.2, 0) is 11.3 Å². The molecule has 5 heteroatoms. The number of nitrogens with one attached hydrogen (secondary N) is 1. The van der Waals surface area contributed by atoms with E-state index < -0.39 is 5.91 Å². The van der Waals surface area contributed by atoms with Crippen LogP contribution in [0.2, 0.25) is 0 Å². The van der Waals surface area contributed by atoms with Gasteiger partial charge in [-0.1, -0.05) is 0 Å². The molecule has 0 fully saturated rings. The number of hydrogen-bond donors (Lipinski definition) is 1. The minimum atomic E-state index is -0.423. The zero-order valence-corrected chi connectivity index (χ0v) is 15.1. The summed E-state index contributed by atoms with van der Waals surface area (Å²) in [6.07, 6.45) is 1.64. The predicted molar refractivity (Wildman–Crippen MR) is 99.4 cm³/mol. The van der Waals surface area contributed by atoms with Gasteiger partial charge in [-0.15, -0.1) is 0 Å². The van der Waals surface area contributed by atoms with Gasteiger partial charge < -0.3 is 14.6 Å². The molecule has 130 valence electrons. The number of carbonyl (C=O) groups excluding carboxylic acids is 1. The highest BCUT2D eigenvalue weighted by molar-refractivity contribution is 6.09. The smallest absolute Gasteiger partial charge is 0.266 e. The van der Waals surface area contributed by atoms with Gasteiger partial charge in [-0.2, -0.15) is 5.26 Å². The highest BCUT2D eigenvalue weighted by atomic mass is 16.5. The van der Waals surface area contributed by atoms with E-state index in [0.29, 0.717) is 12.3 Å². The lowest BCUT2D eigenvalue weighted by atomic mass is 10.1. The molecule has 0 radical (unpaired) electrons. The number of carbonyl (C=O) groups is 1. The van der Waals surface area contributed by atoms with Crippen LogP contribution in [0.25, 0.3) is 6.08 Å². The molecule has 0 unspecified atom stereocenters. The molecule has 1 aromatic heterocycles. The van der Waals surface area contributed by atoms with E-state index >= 15 is 0 Å². The van der Waals surface area contributed by atoms with Crippen LogP contribution in [0.5, 0.6) is 5.75 Å². The van der Waals surface area contributed by atoms with Crippen LogP contribution < -0.4 is 10.1 Å². The molecule has 1 aromatic carbocycles. The molecule has 5 nitrogen and oxygen atoms in total. The normalized spacial score (nSPS) is 11.1. The predicted octanol–water partition coefficient (Wildman–Crippen LogP) is 4.07. The van der Waals surface area contributed by atoms with Crippen molar-refractivity contribution in [1.29, 1.82) is 5.26 Å². The van der Waals surface area contributed by atoms with Crippen LogP contribution in [0, 0.1) is 25.2 Å². The molecule has 0 atom stereocenters. The molecule has 0 saturated heterocycles. The number of aromatic nitrogens is 1. The highest BCUT2D eigenvalue weighted by Gasteiger charge is 2.12. The molecular formula is C20H23N3O2. The zero-order valence-electron chi connectivity index (χ0n) is 15.1. The van der Waals surface area contributed by atoms with Crippen molar-refractivity contribution in [3.8, 4) is 11.8 Å². The lowest BCUT2D eigenvalue weighted by Crippen LogP contribution is -2.13. The second-order valence-electron chi connectivity index (χ2n) is 5.65. The van der Waals surface area contributed by atoms with E-state index in [1.165, 1.54) is 0 Å². The van der Waals surface area contributed by atoms with Gasteiger partial charge in [-0.3, -0.25) is 4.79 Å². The maximum atomic E-state index is 12.4. The van der Waals surface area contributed by atoms with Gasteiger partial charge in [0.2, 0.25) is 0 Å². The number of amides is 1. The monoisotopic (exact) mass is 337 g/mol. The van der Waals surface area contributed by atoms with Gasteiger partial charge in [0.25, 0.3) is 5.91 Å². The van der Waals surface area contributed by atoms with Gasteiger partial charge >= 0.3 is 0 Å². The Bertz CT molecular complexity index is 824. The Morgan fingerprint density at radius 1 is 1.28 bits per heavy atom. The minimum absolute atomic E-state index is 0.0743. The third-order valence-corrected chi connectivity index (χ3v) is 4.02. The Balaban J connectivity index is 2.20. The molecule has 1 heterocycles. The number of ether oxygens (including phenoxy) is 1. The van der Waals surface area contributed by atoms with Crippen molar-refractivity contribution in [3.63, 3.8) is 0 Å². The fraction of sp³-hybridized carbons (Fsp3) is 0.300. The summed E-state index contributed by atoms with van der Waals surface area (Å²) >= 11 is 0. The summed E-state index contributed by atoms with van der Waals surface area (Å²) in [4.78, 5) is 12.4. The van der Waals surface area contributed by atoms with Crippen LogP contribution in [0.15, 0.2) is 35.9 Å². The molecule has 0 aliphatic carbocycles. The Labute approximate surface area is 148 Å². The SMILES string of the molecule is CCOc1ccc(NC(=O)/C(C#N)=C\c2cc(C)n(CC)c2C)cc1. The number of benzene rings is 1. The van der Waals surface area contributed by atoms with Crippen LogP contribution in [0.3, 0.4) is 0 Å². The lowest BCUT2D eigenvalue weighted by Gasteiger charge is -2.07. The molecule has 2 rings (SSSR count). The number of aryl methyl sites for hydroxylation is 1. The quantitative estimate of drug-likeness (QED) is 0.638. The van der Waals surface area contributed by atoms with Crippen molar-refractivity contribution < 1.29 is 9.53 Å². The van der Waals surface area contributed by atoms with Crippen molar-refractivity contribution in [2.75, 3.05) is 11.9 Å². The molecule has 0 bridgehead atoms. The summed E-state index contributed by atoms with van der Waals surface area (Å²) in [5.74, 6) is 0.316.